The minimum Gasteiger partial charge on any atom is -0.369 e. The van der Waals surface area contributed by atoms with Crippen LogP contribution in [0, 0.1) is 5.92 Å². The molecule has 1 heterocycles. The van der Waals surface area contributed by atoms with Crippen molar-refractivity contribution in [2.45, 2.75) is 45.7 Å². The van der Waals surface area contributed by atoms with E-state index < -0.39 is 11.7 Å². The van der Waals surface area contributed by atoms with Crippen molar-refractivity contribution in [1.29, 1.82) is 0 Å². The number of halogens is 4. The summed E-state index contributed by atoms with van der Waals surface area (Å²) in [6.45, 7) is 4.91. The summed E-state index contributed by atoms with van der Waals surface area (Å²) in [5.41, 5.74) is -0.828. The standard InChI is InChI=1S/C14H20ClF3N2/c1-3-5-6-10(4-2)8-19-13-12(15)7-11(9-20-13)14(16,17)18/h7,9-10H,3-6,8H2,1-2H3,(H,19,20). The van der Waals surface area contributed by atoms with Gasteiger partial charge in [0.15, 0.2) is 0 Å². The first kappa shape index (κ1) is 17.1. The van der Waals surface area contributed by atoms with Crippen LogP contribution in [0.15, 0.2) is 12.3 Å². The second-order valence-electron chi connectivity index (χ2n) is 4.85. The molecule has 0 aliphatic rings. The average Bonchev–Trinajstić information content (AvgIpc) is 2.39. The number of unbranched alkanes of at least 4 members (excludes halogenated alkanes) is 1. The van der Waals surface area contributed by atoms with Gasteiger partial charge in [0.1, 0.15) is 5.82 Å². The zero-order valence-corrected chi connectivity index (χ0v) is 12.5. The highest BCUT2D eigenvalue weighted by Crippen LogP contribution is 2.32. The largest absolute Gasteiger partial charge is 0.417 e. The molecule has 0 aromatic carbocycles. The van der Waals surface area contributed by atoms with Crippen molar-refractivity contribution in [3.05, 3.63) is 22.8 Å². The number of hydrogen-bond acceptors (Lipinski definition) is 2. The van der Waals surface area contributed by atoms with Gasteiger partial charge < -0.3 is 5.32 Å². The lowest BCUT2D eigenvalue weighted by Crippen LogP contribution is -2.15. The summed E-state index contributed by atoms with van der Waals surface area (Å²) in [5.74, 6) is 0.796. The molecule has 0 fully saturated rings. The van der Waals surface area contributed by atoms with Gasteiger partial charge in [0.2, 0.25) is 0 Å². The fourth-order valence-corrected chi connectivity index (χ4v) is 2.14. The number of aromatic nitrogens is 1. The van der Waals surface area contributed by atoms with Gasteiger partial charge in [-0.25, -0.2) is 4.98 Å². The van der Waals surface area contributed by atoms with E-state index in [9.17, 15) is 13.2 Å². The zero-order valence-electron chi connectivity index (χ0n) is 11.7. The van der Waals surface area contributed by atoms with E-state index >= 15 is 0 Å². The predicted octanol–water partition coefficient (Wildman–Crippen LogP) is 5.38. The van der Waals surface area contributed by atoms with Gasteiger partial charge in [0.25, 0.3) is 0 Å². The number of hydrogen-bond donors (Lipinski definition) is 1. The number of rotatable bonds is 7. The van der Waals surface area contributed by atoms with Gasteiger partial charge in [-0.3, -0.25) is 0 Å². The minimum atomic E-state index is -4.41. The second-order valence-corrected chi connectivity index (χ2v) is 5.26. The molecule has 1 atom stereocenters. The average molecular weight is 309 g/mol. The van der Waals surface area contributed by atoms with Crippen LogP contribution in [0.4, 0.5) is 19.0 Å². The van der Waals surface area contributed by atoms with E-state index in [1.54, 1.807) is 0 Å². The summed E-state index contributed by atoms with van der Waals surface area (Å²) in [5, 5.41) is 3.05. The maximum atomic E-state index is 12.5. The summed E-state index contributed by atoms with van der Waals surface area (Å²) in [6, 6.07) is 0.907. The molecule has 1 aromatic heterocycles. The summed E-state index contributed by atoms with van der Waals surface area (Å²) < 4.78 is 37.5. The van der Waals surface area contributed by atoms with E-state index in [4.69, 9.17) is 11.6 Å². The fourth-order valence-electron chi connectivity index (χ4n) is 1.91. The molecule has 0 aliphatic heterocycles. The molecular weight excluding hydrogens is 289 g/mol. The molecule has 6 heteroatoms. The van der Waals surface area contributed by atoms with E-state index in [1.165, 1.54) is 0 Å². The summed E-state index contributed by atoms with van der Waals surface area (Å²) >= 11 is 5.84. The number of nitrogens with zero attached hydrogens (tertiary/aromatic N) is 1. The number of nitrogens with one attached hydrogen (secondary N) is 1. The molecule has 0 saturated heterocycles. The van der Waals surface area contributed by atoms with Gasteiger partial charge in [-0.15, -0.1) is 0 Å². The molecule has 0 spiro atoms. The van der Waals surface area contributed by atoms with Gasteiger partial charge >= 0.3 is 6.18 Å². The Kier molecular flexibility index (Phi) is 6.59. The summed E-state index contributed by atoms with van der Waals surface area (Å²) in [7, 11) is 0. The lowest BCUT2D eigenvalue weighted by atomic mass is 9.99. The Labute approximate surface area is 122 Å². The first-order chi connectivity index (χ1) is 9.38. The molecule has 114 valence electrons. The van der Waals surface area contributed by atoms with E-state index in [-0.39, 0.29) is 5.02 Å². The molecule has 1 N–H and O–H groups in total. The highest BCUT2D eigenvalue weighted by molar-refractivity contribution is 6.32. The van der Waals surface area contributed by atoms with Crippen LogP contribution < -0.4 is 5.32 Å². The number of pyridine rings is 1. The maximum Gasteiger partial charge on any atom is 0.417 e. The van der Waals surface area contributed by atoms with Crippen LogP contribution in [0.5, 0.6) is 0 Å². The van der Waals surface area contributed by atoms with E-state index in [0.29, 0.717) is 18.3 Å². The molecule has 0 amide bonds. The molecule has 1 rings (SSSR count). The maximum absolute atomic E-state index is 12.5. The summed E-state index contributed by atoms with van der Waals surface area (Å²) in [4.78, 5) is 3.77. The van der Waals surface area contributed by atoms with Crippen molar-refractivity contribution in [1.82, 2.24) is 4.98 Å². The minimum absolute atomic E-state index is 0.00479. The van der Waals surface area contributed by atoms with E-state index in [2.05, 4.69) is 24.1 Å². The van der Waals surface area contributed by atoms with Crippen molar-refractivity contribution in [2.24, 2.45) is 5.92 Å². The van der Waals surface area contributed by atoms with Gasteiger partial charge in [-0.05, 0) is 18.4 Å². The normalized spacial score (nSPS) is 13.3. The van der Waals surface area contributed by atoms with Crippen LogP contribution in [0.25, 0.3) is 0 Å². The third-order valence-corrected chi connectivity index (χ3v) is 3.56. The van der Waals surface area contributed by atoms with E-state index in [0.717, 1.165) is 37.9 Å². The quantitative estimate of drug-likeness (QED) is 0.731. The molecule has 0 saturated carbocycles. The van der Waals surface area contributed by atoms with Crippen LogP contribution in [0.3, 0.4) is 0 Å². The van der Waals surface area contributed by atoms with Crippen molar-refractivity contribution < 1.29 is 13.2 Å². The zero-order chi connectivity index (χ0) is 15.2. The number of alkyl halides is 3. The van der Waals surface area contributed by atoms with Gasteiger partial charge in [-0.2, -0.15) is 13.2 Å². The SMILES string of the molecule is CCCCC(CC)CNc1ncc(C(F)(F)F)cc1Cl. The topological polar surface area (TPSA) is 24.9 Å². The Morgan fingerprint density at radius 2 is 2.05 bits per heavy atom. The Hall–Kier alpha value is -0.970. The molecule has 1 aromatic rings. The number of anilines is 1. The van der Waals surface area contributed by atoms with Gasteiger partial charge in [0, 0.05) is 12.7 Å². The van der Waals surface area contributed by atoms with Crippen LogP contribution in [0.1, 0.15) is 45.1 Å². The Morgan fingerprint density at radius 1 is 1.35 bits per heavy atom. The lowest BCUT2D eigenvalue weighted by Gasteiger charge is -2.16. The highest BCUT2D eigenvalue weighted by atomic mass is 35.5. The first-order valence-corrected chi connectivity index (χ1v) is 7.22. The van der Waals surface area contributed by atoms with Gasteiger partial charge in [-0.1, -0.05) is 44.7 Å². The highest BCUT2D eigenvalue weighted by Gasteiger charge is 2.31. The molecule has 0 radical (unpaired) electrons. The molecular formula is C14H20ClF3N2. The molecule has 1 unspecified atom stereocenters. The van der Waals surface area contributed by atoms with Crippen molar-refractivity contribution in [3.8, 4) is 0 Å². The van der Waals surface area contributed by atoms with E-state index in [1.807, 2.05) is 0 Å². The molecule has 0 bridgehead atoms. The molecule has 2 nitrogen and oxygen atoms in total. The first-order valence-electron chi connectivity index (χ1n) is 6.85. The van der Waals surface area contributed by atoms with Crippen LogP contribution in [0.2, 0.25) is 5.02 Å². The molecule has 20 heavy (non-hydrogen) atoms. The van der Waals surface area contributed by atoms with Crippen molar-refractivity contribution in [3.63, 3.8) is 0 Å². The van der Waals surface area contributed by atoms with Crippen LogP contribution in [-0.4, -0.2) is 11.5 Å². The van der Waals surface area contributed by atoms with Crippen LogP contribution in [-0.2, 0) is 6.18 Å². The Bertz CT molecular complexity index is 421. The predicted molar refractivity (Wildman–Crippen MR) is 76.0 cm³/mol. The van der Waals surface area contributed by atoms with Crippen molar-refractivity contribution >= 4 is 17.4 Å². The Morgan fingerprint density at radius 3 is 2.55 bits per heavy atom. The lowest BCUT2D eigenvalue weighted by molar-refractivity contribution is -0.137. The van der Waals surface area contributed by atoms with Gasteiger partial charge in [0.05, 0.1) is 10.6 Å². The molecule has 0 aliphatic carbocycles. The van der Waals surface area contributed by atoms with Crippen LogP contribution >= 0.6 is 11.6 Å². The summed E-state index contributed by atoms with van der Waals surface area (Å²) in [6.07, 6.45) is 0.789. The Balaban J connectivity index is 2.64. The third-order valence-electron chi connectivity index (χ3n) is 3.27. The van der Waals surface area contributed by atoms with Crippen molar-refractivity contribution in [2.75, 3.05) is 11.9 Å². The monoisotopic (exact) mass is 308 g/mol. The third kappa shape index (κ3) is 5.19. The fraction of sp³-hybridized carbons (Fsp3) is 0.643. The smallest absolute Gasteiger partial charge is 0.369 e. The second kappa shape index (κ2) is 7.72.